The summed E-state index contributed by atoms with van der Waals surface area (Å²) in [4.78, 5) is 4.61. The van der Waals surface area contributed by atoms with Gasteiger partial charge in [0.25, 0.3) is 0 Å². The number of hydrogen-bond donors (Lipinski definition) is 0. The molecule has 0 N–H and O–H groups in total. The zero-order valence-corrected chi connectivity index (χ0v) is 18.5. The molecule has 3 heterocycles. The van der Waals surface area contributed by atoms with Crippen molar-refractivity contribution in [1.29, 1.82) is 0 Å². The van der Waals surface area contributed by atoms with E-state index >= 15 is 0 Å². The van der Waals surface area contributed by atoms with E-state index in [1.54, 1.807) is 42.5 Å². The molecule has 0 spiro atoms. The first kappa shape index (κ1) is 21.5. The summed E-state index contributed by atoms with van der Waals surface area (Å²) in [7, 11) is -3.59. The summed E-state index contributed by atoms with van der Waals surface area (Å²) in [6.07, 6.45) is 3.07. The third kappa shape index (κ3) is 4.34. The fraction of sp³-hybridized carbons (Fsp3) is 0.250. The summed E-state index contributed by atoms with van der Waals surface area (Å²) in [5.41, 5.74) is 1.90. The molecule has 0 saturated heterocycles. The Hall–Kier alpha value is -2.76. The lowest BCUT2D eigenvalue weighted by molar-refractivity contribution is 0.445. The topological polar surface area (TPSA) is 93.6 Å². The Kier molecular flexibility index (Phi) is 6.08. The average molecular weight is 462 g/mol. The average Bonchev–Trinajstić information content (AvgIpc) is 3.40. The van der Waals surface area contributed by atoms with E-state index in [1.165, 1.54) is 40.7 Å². The fourth-order valence-corrected chi connectivity index (χ4v) is 5.30. The van der Waals surface area contributed by atoms with Crippen LogP contribution in [0.15, 0.2) is 63.3 Å². The lowest BCUT2D eigenvalue weighted by Gasteiger charge is -2.18. The van der Waals surface area contributed by atoms with Gasteiger partial charge in [-0.15, -0.1) is 10.2 Å². The molecule has 0 amide bonds. The van der Waals surface area contributed by atoms with Crippen LogP contribution in [0.4, 0.5) is 4.39 Å². The Balaban J connectivity index is 1.55. The molecule has 0 aliphatic heterocycles. The predicted molar refractivity (Wildman–Crippen MR) is 115 cm³/mol. The maximum absolute atomic E-state index is 13.1. The van der Waals surface area contributed by atoms with Crippen LogP contribution in [0.2, 0.25) is 0 Å². The van der Waals surface area contributed by atoms with Gasteiger partial charge >= 0.3 is 0 Å². The van der Waals surface area contributed by atoms with Crippen molar-refractivity contribution in [3.05, 3.63) is 60.4 Å². The maximum atomic E-state index is 13.1. The third-order valence-electron chi connectivity index (χ3n) is 4.68. The van der Waals surface area contributed by atoms with Gasteiger partial charge in [0.2, 0.25) is 15.9 Å². The van der Waals surface area contributed by atoms with Gasteiger partial charge < -0.3 is 4.42 Å². The molecule has 0 bridgehead atoms. The van der Waals surface area contributed by atoms with Crippen LogP contribution in [0.5, 0.6) is 0 Å². The molecule has 4 aromatic rings. The normalized spacial score (nSPS) is 12.1. The van der Waals surface area contributed by atoms with Gasteiger partial charge in [0.15, 0.2) is 10.8 Å². The molecule has 8 nitrogen and oxygen atoms in total. The highest BCUT2D eigenvalue weighted by molar-refractivity contribution is 7.98. The molecular weight excluding hydrogens is 441 g/mol. The summed E-state index contributed by atoms with van der Waals surface area (Å²) < 4.78 is 47.3. The number of thioether (sulfide) groups is 1. The molecular formula is C20H20FN5O3S2. The zero-order valence-electron chi connectivity index (χ0n) is 16.9. The van der Waals surface area contributed by atoms with E-state index in [2.05, 4.69) is 15.2 Å². The number of halogens is 1. The molecule has 11 heteroatoms. The van der Waals surface area contributed by atoms with Gasteiger partial charge in [0.05, 0.1) is 10.6 Å². The molecule has 1 aromatic carbocycles. The number of pyridine rings is 1. The van der Waals surface area contributed by atoms with Crippen LogP contribution in [0.1, 0.15) is 19.5 Å². The summed E-state index contributed by atoms with van der Waals surface area (Å²) in [5, 5.41) is 8.81. The smallest absolute Gasteiger partial charge is 0.244 e. The zero-order chi connectivity index (χ0) is 22.0. The van der Waals surface area contributed by atoms with Crippen LogP contribution in [-0.4, -0.2) is 45.4 Å². The molecule has 0 saturated carbocycles. The first-order valence-corrected chi connectivity index (χ1v) is 12.0. The number of fused-ring (bicyclic) bond motifs is 1. The minimum absolute atomic E-state index is 0.186. The van der Waals surface area contributed by atoms with E-state index in [9.17, 15) is 12.8 Å². The van der Waals surface area contributed by atoms with Crippen LogP contribution in [-0.2, 0) is 15.8 Å². The Morgan fingerprint density at radius 3 is 2.55 bits per heavy atom. The first-order chi connectivity index (χ1) is 14.9. The van der Waals surface area contributed by atoms with Gasteiger partial charge in [-0.1, -0.05) is 25.6 Å². The lowest BCUT2D eigenvalue weighted by Crippen LogP contribution is -2.30. The highest BCUT2D eigenvalue weighted by Gasteiger charge is 2.23. The van der Waals surface area contributed by atoms with E-state index < -0.39 is 10.0 Å². The highest BCUT2D eigenvalue weighted by atomic mass is 32.2. The van der Waals surface area contributed by atoms with Crippen molar-refractivity contribution in [2.75, 3.05) is 13.1 Å². The second kappa shape index (κ2) is 8.77. The summed E-state index contributed by atoms with van der Waals surface area (Å²) in [6, 6.07) is 9.07. The van der Waals surface area contributed by atoms with Gasteiger partial charge in [0, 0.05) is 30.6 Å². The van der Waals surface area contributed by atoms with Gasteiger partial charge in [-0.2, -0.15) is 4.31 Å². The largest absolute Gasteiger partial charge is 0.444 e. The Morgan fingerprint density at radius 2 is 1.84 bits per heavy atom. The van der Waals surface area contributed by atoms with Crippen molar-refractivity contribution < 1.29 is 17.2 Å². The molecule has 0 fully saturated rings. The van der Waals surface area contributed by atoms with Crippen molar-refractivity contribution in [3.8, 4) is 11.5 Å². The Labute approximate surface area is 183 Å². The lowest BCUT2D eigenvalue weighted by atomic mass is 10.2. The van der Waals surface area contributed by atoms with Crippen molar-refractivity contribution in [3.63, 3.8) is 0 Å². The van der Waals surface area contributed by atoms with E-state index in [-0.39, 0.29) is 10.7 Å². The van der Waals surface area contributed by atoms with E-state index in [0.717, 1.165) is 0 Å². The van der Waals surface area contributed by atoms with Crippen molar-refractivity contribution >= 4 is 27.4 Å². The highest BCUT2D eigenvalue weighted by Crippen LogP contribution is 2.26. The van der Waals surface area contributed by atoms with Crippen LogP contribution < -0.4 is 0 Å². The SMILES string of the molecule is CCN(CC)S(=O)(=O)c1ccc2nnc(SCc3coc(-c4ccc(F)cc4)n3)n2c1. The molecule has 3 aromatic heterocycles. The molecule has 0 unspecified atom stereocenters. The fourth-order valence-electron chi connectivity index (χ4n) is 3.05. The van der Waals surface area contributed by atoms with Crippen molar-refractivity contribution in [2.45, 2.75) is 29.7 Å². The van der Waals surface area contributed by atoms with Gasteiger partial charge in [-0.25, -0.2) is 17.8 Å². The van der Waals surface area contributed by atoms with E-state index in [4.69, 9.17) is 4.42 Å². The van der Waals surface area contributed by atoms with E-state index in [0.29, 0.717) is 46.8 Å². The van der Waals surface area contributed by atoms with Gasteiger partial charge in [-0.3, -0.25) is 4.40 Å². The first-order valence-electron chi connectivity index (χ1n) is 9.60. The Bertz CT molecular complexity index is 1300. The summed E-state index contributed by atoms with van der Waals surface area (Å²) in [5.74, 6) is 0.514. The third-order valence-corrected chi connectivity index (χ3v) is 7.69. The summed E-state index contributed by atoms with van der Waals surface area (Å²) in [6.45, 7) is 4.39. The standard InChI is InChI=1S/C20H20FN5O3S2/c1-3-25(4-2)31(27,28)17-9-10-18-23-24-20(26(18)11-17)30-13-16-12-29-19(22-16)14-5-7-15(21)8-6-14/h5-12H,3-4,13H2,1-2H3. The number of hydrogen-bond acceptors (Lipinski definition) is 7. The van der Waals surface area contributed by atoms with Crippen LogP contribution in [0.3, 0.4) is 0 Å². The number of aromatic nitrogens is 4. The maximum Gasteiger partial charge on any atom is 0.244 e. The minimum atomic E-state index is -3.59. The van der Waals surface area contributed by atoms with Crippen LogP contribution >= 0.6 is 11.8 Å². The number of oxazole rings is 1. The molecule has 0 aliphatic rings. The second-order valence-electron chi connectivity index (χ2n) is 6.60. The molecule has 0 radical (unpaired) electrons. The number of benzene rings is 1. The summed E-state index contributed by atoms with van der Waals surface area (Å²) >= 11 is 1.36. The molecule has 31 heavy (non-hydrogen) atoms. The van der Waals surface area contributed by atoms with Gasteiger partial charge in [-0.05, 0) is 36.4 Å². The Morgan fingerprint density at radius 1 is 1.10 bits per heavy atom. The minimum Gasteiger partial charge on any atom is -0.444 e. The number of nitrogens with zero attached hydrogens (tertiary/aromatic N) is 5. The number of sulfonamides is 1. The monoisotopic (exact) mass is 461 g/mol. The van der Waals surface area contributed by atoms with Crippen LogP contribution in [0, 0.1) is 5.82 Å². The molecule has 162 valence electrons. The predicted octanol–water partition coefficient (Wildman–Crippen LogP) is 3.85. The van der Waals surface area contributed by atoms with Crippen molar-refractivity contribution in [2.24, 2.45) is 0 Å². The molecule has 0 aliphatic carbocycles. The van der Waals surface area contributed by atoms with Gasteiger partial charge in [0.1, 0.15) is 12.1 Å². The quantitative estimate of drug-likeness (QED) is 0.368. The van der Waals surface area contributed by atoms with Crippen LogP contribution in [0.25, 0.3) is 17.1 Å². The number of rotatable bonds is 8. The second-order valence-corrected chi connectivity index (χ2v) is 9.48. The van der Waals surface area contributed by atoms with Crippen molar-refractivity contribution in [1.82, 2.24) is 23.9 Å². The molecule has 0 atom stereocenters. The van der Waals surface area contributed by atoms with E-state index in [1.807, 2.05) is 0 Å². The molecule has 4 rings (SSSR count).